The average molecular weight is 259 g/mol. The van der Waals surface area contributed by atoms with Gasteiger partial charge in [-0.15, -0.1) is 0 Å². The van der Waals surface area contributed by atoms with Crippen molar-refractivity contribution in [2.75, 3.05) is 30.4 Å². The van der Waals surface area contributed by atoms with Gasteiger partial charge in [0.05, 0.1) is 11.9 Å². The van der Waals surface area contributed by atoms with E-state index in [0.717, 1.165) is 18.1 Å². The Balaban J connectivity index is 2.06. The van der Waals surface area contributed by atoms with Gasteiger partial charge in [0.1, 0.15) is 18.0 Å². The molecule has 0 saturated carbocycles. The first-order chi connectivity index (χ1) is 9.29. The normalized spacial score (nSPS) is 10.2. The summed E-state index contributed by atoms with van der Waals surface area (Å²) < 4.78 is 0. The minimum Gasteiger partial charge on any atom is -0.396 e. The van der Waals surface area contributed by atoms with Crippen LogP contribution in [0.15, 0.2) is 36.9 Å². The van der Waals surface area contributed by atoms with E-state index in [2.05, 4.69) is 20.3 Å². The van der Waals surface area contributed by atoms with Gasteiger partial charge in [-0.2, -0.15) is 0 Å². The second-order valence-corrected chi connectivity index (χ2v) is 4.13. The Labute approximate surface area is 112 Å². The van der Waals surface area contributed by atoms with Crippen LogP contribution in [0.3, 0.4) is 0 Å². The third-order valence-corrected chi connectivity index (χ3v) is 2.63. The number of rotatable bonds is 6. The van der Waals surface area contributed by atoms with E-state index in [0.29, 0.717) is 12.2 Å². The SMILES string of the molecule is CN(CCCO)c1cc(Nc2cccnc2)ncn1. The molecule has 6 nitrogen and oxygen atoms in total. The van der Waals surface area contributed by atoms with Crippen LogP contribution in [-0.2, 0) is 0 Å². The van der Waals surface area contributed by atoms with Crippen molar-refractivity contribution in [3.8, 4) is 0 Å². The van der Waals surface area contributed by atoms with Crippen molar-refractivity contribution in [3.05, 3.63) is 36.9 Å². The topological polar surface area (TPSA) is 74.2 Å². The van der Waals surface area contributed by atoms with Crippen molar-refractivity contribution in [1.82, 2.24) is 15.0 Å². The molecule has 0 radical (unpaired) electrons. The van der Waals surface area contributed by atoms with Crippen LogP contribution in [0.2, 0.25) is 0 Å². The molecule has 0 saturated heterocycles. The minimum atomic E-state index is 0.177. The van der Waals surface area contributed by atoms with Gasteiger partial charge in [-0.1, -0.05) is 0 Å². The Hall–Kier alpha value is -2.21. The molecule has 0 atom stereocenters. The van der Waals surface area contributed by atoms with Gasteiger partial charge in [-0.3, -0.25) is 4.98 Å². The molecule has 0 aliphatic rings. The average Bonchev–Trinajstić information content (AvgIpc) is 2.46. The van der Waals surface area contributed by atoms with Gasteiger partial charge in [-0.25, -0.2) is 9.97 Å². The molecule has 0 aliphatic heterocycles. The van der Waals surface area contributed by atoms with Gasteiger partial charge < -0.3 is 15.3 Å². The zero-order chi connectivity index (χ0) is 13.5. The fraction of sp³-hybridized carbons (Fsp3) is 0.308. The summed E-state index contributed by atoms with van der Waals surface area (Å²) in [6.45, 7) is 0.927. The first-order valence-corrected chi connectivity index (χ1v) is 6.10. The van der Waals surface area contributed by atoms with Crippen LogP contribution in [0.1, 0.15) is 6.42 Å². The maximum absolute atomic E-state index is 8.83. The number of hydrogen-bond acceptors (Lipinski definition) is 6. The van der Waals surface area contributed by atoms with Crippen LogP contribution in [0.5, 0.6) is 0 Å². The fourth-order valence-corrected chi connectivity index (χ4v) is 1.63. The van der Waals surface area contributed by atoms with Gasteiger partial charge in [-0.05, 0) is 18.6 Å². The second-order valence-electron chi connectivity index (χ2n) is 4.13. The van der Waals surface area contributed by atoms with Crippen molar-refractivity contribution >= 4 is 17.3 Å². The summed E-state index contributed by atoms with van der Waals surface area (Å²) in [5, 5.41) is 12.0. The Morgan fingerprint density at radius 3 is 3.00 bits per heavy atom. The Bertz CT molecular complexity index is 505. The molecule has 0 amide bonds. The molecule has 0 bridgehead atoms. The molecule has 2 rings (SSSR count). The highest BCUT2D eigenvalue weighted by Gasteiger charge is 2.04. The van der Waals surface area contributed by atoms with E-state index < -0.39 is 0 Å². The molecule has 2 heterocycles. The van der Waals surface area contributed by atoms with Gasteiger partial charge in [0.15, 0.2) is 0 Å². The van der Waals surface area contributed by atoms with Crippen LogP contribution in [0, 0.1) is 0 Å². The summed E-state index contributed by atoms with van der Waals surface area (Å²) in [5.74, 6) is 1.53. The Morgan fingerprint density at radius 1 is 1.37 bits per heavy atom. The number of aromatic nitrogens is 3. The van der Waals surface area contributed by atoms with E-state index in [4.69, 9.17) is 5.11 Å². The highest BCUT2D eigenvalue weighted by atomic mass is 16.3. The molecule has 0 spiro atoms. The van der Waals surface area contributed by atoms with E-state index in [9.17, 15) is 0 Å². The summed E-state index contributed by atoms with van der Waals surface area (Å²) >= 11 is 0. The standard InChI is InChI=1S/C13H17N5O/c1-18(6-3-7-19)13-8-12(15-10-16-13)17-11-4-2-5-14-9-11/h2,4-5,8-10,19H,3,6-7H2,1H3,(H,15,16,17). The molecule has 2 aromatic heterocycles. The number of anilines is 3. The summed E-state index contributed by atoms with van der Waals surface area (Å²) in [4.78, 5) is 14.4. The Kier molecular flexibility index (Phi) is 4.63. The maximum atomic E-state index is 8.83. The predicted octanol–water partition coefficient (Wildman–Crippen LogP) is 1.43. The van der Waals surface area contributed by atoms with Crippen molar-refractivity contribution in [3.63, 3.8) is 0 Å². The summed E-state index contributed by atoms with van der Waals surface area (Å²) in [6.07, 6.45) is 5.69. The Morgan fingerprint density at radius 2 is 2.26 bits per heavy atom. The molecule has 19 heavy (non-hydrogen) atoms. The third kappa shape index (κ3) is 3.89. The molecular formula is C13H17N5O. The number of nitrogens with zero attached hydrogens (tertiary/aromatic N) is 4. The molecular weight excluding hydrogens is 242 g/mol. The first-order valence-electron chi connectivity index (χ1n) is 6.10. The number of pyridine rings is 1. The predicted molar refractivity (Wildman–Crippen MR) is 74.5 cm³/mol. The third-order valence-electron chi connectivity index (χ3n) is 2.63. The monoisotopic (exact) mass is 259 g/mol. The highest BCUT2D eigenvalue weighted by molar-refractivity contribution is 5.58. The van der Waals surface area contributed by atoms with E-state index in [1.165, 1.54) is 6.33 Å². The van der Waals surface area contributed by atoms with Gasteiger partial charge in [0, 0.05) is 32.5 Å². The van der Waals surface area contributed by atoms with E-state index >= 15 is 0 Å². The quantitative estimate of drug-likeness (QED) is 0.817. The first kappa shape index (κ1) is 13.2. The second kappa shape index (κ2) is 6.65. The minimum absolute atomic E-state index is 0.177. The van der Waals surface area contributed by atoms with Crippen LogP contribution < -0.4 is 10.2 Å². The van der Waals surface area contributed by atoms with E-state index in [1.807, 2.05) is 30.1 Å². The van der Waals surface area contributed by atoms with Crippen molar-refractivity contribution in [2.45, 2.75) is 6.42 Å². The number of hydrogen-bond donors (Lipinski definition) is 2. The van der Waals surface area contributed by atoms with E-state index in [-0.39, 0.29) is 6.61 Å². The maximum Gasteiger partial charge on any atom is 0.135 e. The van der Waals surface area contributed by atoms with Gasteiger partial charge in [0.2, 0.25) is 0 Å². The molecule has 2 aromatic rings. The van der Waals surface area contributed by atoms with Crippen LogP contribution in [0.4, 0.5) is 17.3 Å². The lowest BCUT2D eigenvalue weighted by Gasteiger charge is -2.17. The lowest BCUT2D eigenvalue weighted by Crippen LogP contribution is -2.20. The molecule has 0 fully saturated rings. The lowest BCUT2D eigenvalue weighted by molar-refractivity contribution is 0.290. The van der Waals surface area contributed by atoms with Crippen LogP contribution in [0.25, 0.3) is 0 Å². The fourth-order valence-electron chi connectivity index (χ4n) is 1.63. The van der Waals surface area contributed by atoms with Gasteiger partial charge >= 0.3 is 0 Å². The van der Waals surface area contributed by atoms with Crippen LogP contribution >= 0.6 is 0 Å². The molecule has 6 heteroatoms. The molecule has 2 N–H and O–H groups in total. The summed E-state index contributed by atoms with van der Waals surface area (Å²) in [6, 6.07) is 5.65. The van der Waals surface area contributed by atoms with Crippen molar-refractivity contribution in [2.24, 2.45) is 0 Å². The van der Waals surface area contributed by atoms with Crippen LogP contribution in [-0.4, -0.2) is 40.3 Å². The molecule has 100 valence electrons. The smallest absolute Gasteiger partial charge is 0.135 e. The number of aliphatic hydroxyl groups excluding tert-OH is 1. The number of aliphatic hydroxyl groups is 1. The number of nitrogens with one attached hydrogen (secondary N) is 1. The molecule has 0 unspecified atom stereocenters. The summed E-state index contributed by atoms with van der Waals surface area (Å²) in [5.41, 5.74) is 0.880. The zero-order valence-electron chi connectivity index (χ0n) is 10.8. The van der Waals surface area contributed by atoms with E-state index in [1.54, 1.807) is 12.4 Å². The highest BCUT2D eigenvalue weighted by Crippen LogP contribution is 2.16. The van der Waals surface area contributed by atoms with Crippen molar-refractivity contribution in [1.29, 1.82) is 0 Å². The molecule has 0 aromatic carbocycles. The van der Waals surface area contributed by atoms with Gasteiger partial charge in [0.25, 0.3) is 0 Å². The zero-order valence-corrected chi connectivity index (χ0v) is 10.8. The van der Waals surface area contributed by atoms with Crippen molar-refractivity contribution < 1.29 is 5.11 Å². The lowest BCUT2D eigenvalue weighted by atomic mass is 10.4. The largest absolute Gasteiger partial charge is 0.396 e. The molecule has 0 aliphatic carbocycles. The summed E-state index contributed by atoms with van der Waals surface area (Å²) in [7, 11) is 1.94.